The number of benzene rings is 3. The molecular weight excluding hydrogens is 559 g/mol. The Bertz CT molecular complexity index is 1440. The Morgan fingerprint density at radius 2 is 1.85 bits per heavy atom. The third-order valence-electron chi connectivity index (χ3n) is 7.07. The van der Waals surface area contributed by atoms with Gasteiger partial charge in [0.2, 0.25) is 5.91 Å². The monoisotopic (exact) mass is 587 g/mol. The second kappa shape index (κ2) is 11.5. The van der Waals surface area contributed by atoms with E-state index in [1.54, 1.807) is 12.1 Å². The molecule has 0 aliphatic carbocycles. The number of amides is 1. The van der Waals surface area contributed by atoms with Crippen molar-refractivity contribution in [2.75, 3.05) is 11.6 Å². The minimum atomic E-state index is -1.67. The molecule has 0 saturated carbocycles. The highest BCUT2D eigenvalue weighted by Crippen LogP contribution is 2.52. The van der Waals surface area contributed by atoms with Crippen LogP contribution in [0.5, 0.6) is 0 Å². The van der Waals surface area contributed by atoms with Gasteiger partial charge in [-0.3, -0.25) is 4.79 Å². The first-order valence-corrected chi connectivity index (χ1v) is 14.4. The van der Waals surface area contributed by atoms with Gasteiger partial charge in [-0.25, -0.2) is 8.78 Å². The van der Waals surface area contributed by atoms with Gasteiger partial charge < -0.3 is 10.6 Å². The number of nitrogens with one attached hydrogen (secondary N) is 2. The lowest BCUT2D eigenvalue weighted by Crippen LogP contribution is -2.45. The SMILES string of the molecule is CSc1cccc(NC(=O)[C@@H]2NC(CC(C)(C)C)[C@](C#N)(c3ccc(Cl)cc3F)C2c2cccc(Cl)c2F)c1. The number of rotatable bonds is 6. The molecule has 0 spiro atoms. The summed E-state index contributed by atoms with van der Waals surface area (Å²) in [5.74, 6) is -3.04. The van der Waals surface area contributed by atoms with E-state index in [2.05, 4.69) is 16.7 Å². The van der Waals surface area contributed by atoms with E-state index in [4.69, 9.17) is 23.2 Å². The molecule has 0 aromatic heterocycles. The second-order valence-corrected chi connectivity index (χ2v) is 12.6. The van der Waals surface area contributed by atoms with Gasteiger partial charge in [-0.2, -0.15) is 5.26 Å². The lowest BCUT2D eigenvalue weighted by molar-refractivity contribution is -0.118. The lowest BCUT2D eigenvalue weighted by atomic mass is 9.62. The van der Waals surface area contributed by atoms with E-state index in [-0.39, 0.29) is 26.6 Å². The van der Waals surface area contributed by atoms with Crippen LogP contribution in [0.25, 0.3) is 0 Å². The van der Waals surface area contributed by atoms with Crippen molar-refractivity contribution >= 4 is 46.6 Å². The number of hydrogen-bond donors (Lipinski definition) is 2. The van der Waals surface area contributed by atoms with Gasteiger partial charge in [0.25, 0.3) is 0 Å². The zero-order valence-electron chi connectivity index (χ0n) is 22.0. The van der Waals surface area contributed by atoms with Gasteiger partial charge in [-0.15, -0.1) is 11.8 Å². The number of halogens is 4. The molecule has 3 aromatic carbocycles. The van der Waals surface area contributed by atoms with E-state index in [1.165, 1.54) is 36.0 Å². The topological polar surface area (TPSA) is 64.9 Å². The van der Waals surface area contributed by atoms with Crippen LogP contribution in [0.3, 0.4) is 0 Å². The molecule has 1 aliphatic rings. The fourth-order valence-corrected chi connectivity index (χ4v) is 6.28. The number of carbonyl (C=O) groups excluding carboxylic acids is 1. The summed E-state index contributed by atoms with van der Waals surface area (Å²) in [5, 5.41) is 17.2. The van der Waals surface area contributed by atoms with Crippen LogP contribution in [0, 0.1) is 28.4 Å². The molecule has 9 heteroatoms. The highest BCUT2D eigenvalue weighted by atomic mass is 35.5. The molecule has 1 heterocycles. The summed E-state index contributed by atoms with van der Waals surface area (Å²) in [6, 6.07) is 16.4. The Kier molecular flexibility index (Phi) is 8.63. The first-order valence-electron chi connectivity index (χ1n) is 12.4. The quantitative estimate of drug-likeness (QED) is 0.287. The molecule has 2 unspecified atom stereocenters. The molecule has 0 radical (unpaired) electrons. The molecule has 4 nitrogen and oxygen atoms in total. The summed E-state index contributed by atoms with van der Waals surface area (Å²) < 4.78 is 31.4. The van der Waals surface area contributed by atoms with Crippen LogP contribution in [0.1, 0.15) is 44.2 Å². The fourth-order valence-electron chi connectivity index (χ4n) is 5.48. The van der Waals surface area contributed by atoms with E-state index in [0.29, 0.717) is 12.1 Å². The Hall–Kier alpha value is -2.63. The van der Waals surface area contributed by atoms with Crippen LogP contribution in [0.4, 0.5) is 14.5 Å². The van der Waals surface area contributed by atoms with Crippen LogP contribution in [-0.2, 0) is 10.2 Å². The molecule has 4 rings (SSSR count). The van der Waals surface area contributed by atoms with Crippen molar-refractivity contribution in [1.82, 2.24) is 5.32 Å². The predicted octanol–water partition coefficient (Wildman–Crippen LogP) is 7.95. The number of nitrogens with zero attached hydrogens (tertiary/aromatic N) is 1. The van der Waals surface area contributed by atoms with Crippen LogP contribution in [0.2, 0.25) is 10.0 Å². The molecule has 1 saturated heterocycles. The van der Waals surface area contributed by atoms with Crippen LogP contribution in [-0.4, -0.2) is 24.2 Å². The molecule has 1 aliphatic heterocycles. The van der Waals surface area contributed by atoms with Gasteiger partial charge in [0.1, 0.15) is 17.0 Å². The van der Waals surface area contributed by atoms with Crippen molar-refractivity contribution in [2.45, 2.75) is 55.5 Å². The number of thioether (sulfide) groups is 1. The van der Waals surface area contributed by atoms with Crippen LogP contribution >= 0.6 is 35.0 Å². The van der Waals surface area contributed by atoms with Crippen LogP contribution < -0.4 is 10.6 Å². The summed E-state index contributed by atoms with van der Waals surface area (Å²) >= 11 is 13.8. The maximum absolute atomic E-state index is 15.7. The Labute approximate surface area is 242 Å². The Morgan fingerprint density at radius 1 is 1.13 bits per heavy atom. The lowest BCUT2D eigenvalue weighted by Gasteiger charge is -2.37. The van der Waals surface area contributed by atoms with Crippen molar-refractivity contribution < 1.29 is 13.6 Å². The average molecular weight is 589 g/mol. The van der Waals surface area contributed by atoms with Gasteiger partial charge >= 0.3 is 0 Å². The minimum Gasteiger partial charge on any atom is -0.325 e. The molecule has 0 bridgehead atoms. The van der Waals surface area contributed by atoms with Crippen LogP contribution in [0.15, 0.2) is 65.6 Å². The number of anilines is 1. The van der Waals surface area contributed by atoms with Crippen molar-refractivity contribution in [1.29, 1.82) is 5.26 Å². The maximum atomic E-state index is 15.7. The number of carbonyl (C=O) groups is 1. The molecule has 39 heavy (non-hydrogen) atoms. The number of hydrogen-bond acceptors (Lipinski definition) is 4. The van der Waals surface area contributed by atoms with Crippen molar-refractivity contribution in [3.63, 3.8) is 0 Å². The van der Waals surface area contributed by atoms with Crippen molar-refractivity contribution in [3.8, 4) is 6.07 Å². The third-order valence-corrected chi connectivity index (χ3v) is 8.32. The molecule has 2 N–H and O–H groups in total. The molecular formula is C30H29Cl2F2N3OS. The Balaban J connectivity index is 1.95. The van der Waals surface area contributed by atoms with E-state index < -0.39 is 41.0 Å². The summed E-state index contributed by atoms with van der Waals surface area (Å²) in [6.07, 6.45) is 2.32. The first-order chi connectivity index (χ1) is 18.4. The number of nitriles is 1. The smallest absolute Gasteiger partial charge is 0.242 e. The van der Waals surface area contributed by atoms with Gasteiger partial charge in [0, 0.05) is 33.1 Å². The van der Waals surface area contributed by atoms with E-state index in [0.717, 1.165) is 11.0 Å². The minimum absolute atomic E-state index is 0.0419. The maximum Gasteiger partial charge on any atom is 0.242 e. The molecule has 1 amide bonds. The van der Waals surface area contributed by atoms with Gasteiger partial charge in [0.15, 0.2) is 0 Å². The van der Waals surface area contributed by atoms with E-state index >= 15 is 8.78 Å². The molecule has 204 valence electrons. The summed E-state index contributed by atoms with van der Waals surface area (Å²) in [4.78, 5) is 14.9. The first kappa shape index (κ1) is 29.4. The van der Waals surface area contributed by atoms with E-state index in [9.17, 15) is 10.1 Å². The molecule has 4 atom stereocenters. The molecule has 3 aromatic rings. The molecule has 1 fully saturated rings. The van der Waals surface area contributed by atoms with Gasteiger partial charge in [-0.1, -0.05) is 68.2 Å². The normalized spacial score (nSPS) is 22.9. The summed E-state index contributed by atoms with van der Waals surface area (Å²) in [6.45, 7) is 5.97. The standard InChI is InChI=1S/C30H29Cl2F2N3OS/c1-29(2,3)15-24-30(16-35,21-12-11-17(31)13-23(21)33)25(20-9-6-10-22(32)26(20)34)27(37-24)28(38)36-18-7-5-8-19(14-18)39-4/h5-14,24-25,27,37H,15H2,1-4H3,(H,36,38)/t24?,25?,27-,30+/m1/s1. The average Bonchev–Trinajstić information content (AvgIpc) is 3.18. The summed E-state index contributed by atoms with van der Waals surface area (Å²) in [5.41, 5.74) is -1.34. The second-order valence-electron chi connectivity index (χ2n) is 10.9. The predicted molar refractivity (Wildman–Crippen MR) is 154 cm³/mol. The van der Waals surface area contributed by atoms with Gasteiger partial charge in [-0.05, 0) is 60.1 Å². The largest absolute Gasteiger partial charge is 0.325 e. The highest BCUT2D eigenvalue weighted by Gasteiger charge is 2.61. The van der Waals surface area contributed by atoms with E-state index in [1.807, 2.05) is 45.2 Å². The Morgan fingerprint density at radius 3 is 2.49 bits per heavy atom. The fraction of sp³-hybridized carbons (Fsp3) is 0.333. The van der Waals surface area contributed by atoms with Crippen molar-refractivity contribution in [3.05, 3.63) is 93.5 Å². The third kappa shape index (κ3) is 5.81. The summed E-state index contributed by atoms with van der Waals surface area (Å²) in [7, 11) is 0. The highest BCUT2D eigenvalue weighted by molar-refractivity contribution is 7.98. The van der Waals surface area contributed by atoms with Gasteiger partial charge in [0.05, 0.1) is 17.1 Å². The zero-order chi connectivity index (χ0) is 28.5. The van der Waals surface area contributed by atoms with Crippen molar-refractivity contribution in [2.24, 2.45) is 5.41 Å². The zero-order valence-corrected chi connectivity index (χ0v) is 24.3.